The number of rotatable bonds is 6. The highest BCUT2D eigenvalue weighted by molar-refractivity contribution is 5.74. The molecule has 2 rings (SSSR count). The minimum absolute atomic E-state index is 0.146. The van der Waals surface area contributed by atoms with Crippen LogP contribution in [-0.2, 0) is 9.53 Å². The van der Waals surface area contributed by atoms with Crippen LogP contribution in [0.25, 0.3) is 0 Å². The average Bonchev–Trinajstić information content (AvgIpc) is 2.86. The quantitative estimate of drug-likeness (QED) is 0.423. The zero-order chi connectivity index (χ0) is 15.0. The van der Waals surface area contributed by atoms with E-state index < -0.39 is 37.3 Å². The van der Waals surface area contributed by atoms with Gasteiger partial charge < -0.3 is 4.74 Å². The van der Waals surface area contributed by atoms with Crippen LogP contribution in [0.4, 0.5) is 17.6 Å². The predicted octanol–water partition coefficient (Wildman–Crippen LogP) is 3.81. The molecule has 0 heterocycles. The lowest BCUT2D eigenvalue weighted by atomic mass is 9.94. The summed E-state index contributed by atoms with van der Waals surface area (Å²) in [4.78, 5) is 11.8. The number of fused-ring (bicyclic) bond motifs is 2. The Balaban J connectivity index is 1.73. The minimum atomic E-state index is -3.52. The summed E-state index contributed by atoms with van der Waals surface area (Å²) >= 11 is 0. The lowest BCUT2D eigenvalue weighted by Crippen LogP contribution is -2.29. The number of halogens is 4. The number of carbonyl (C=O) groups excluding carboxylic acids is 1. The Morgan fingerprint density at radius 3 is 2.45 bits per heavy atom. The van der Waals surface area contributed by atoms with Crippen LogP contribution in [0.2, 0.25) is 0 Å². The first-order valence-corrected chi connectivity index (χ1v) is 6.77. The van der Waals surface area contributed by atoms with Crippen molar-refractivity contribution in [2.24, 2.45) is 17.8 Å². The Hall–Kier alpha value is -1.07. The van der Waals surface area contributed by atoms with Gasteiger partial charge in [0.05, 0.1) is 18.9 Å². The predicted molar refractivity (Wildman–Crippen MR) is 64.6 cm³/mol. The van der Waals surface area contributed by atoms with E-state index in [-0.39, 0.29) is 11.8 Å². The average molecular weight is 294 g/mol. The lowest BCUT2D eigenvalue weighted by Gasteiger charge is -2.21. The van der Waals surface area contributed by atoms with Gasteiger partial charge in [-0.05, 0) is 31.6 Å². The summed E-state index contributed by atoms with van der Waals surface area (Å²) in [6.45, 7) is -0.0615. The van der Waals surface area contributed by atoms with Gasteiger partial charge in [-0.25, -0.2) is 17.6 Å². The molecule has 0 aromatic carbocycles. The van der Waals surface area contributed by atoms with Crippen molar-refractivity contribution in [3.8, 4) is 0 Å². The second kappa shape index (κ2) is 5.37. The fourth-order valence-electron chi connectivity index (χ4n) is 3.00. The number of esters is 1. The van der Waals surface area contributed by atoms with Crippen molar-refractivity contribution in [1.82, 2.24) is 0 Å². The van der Waals surface area contributed by atoms with Crippen LogP contribution in [0.15, 0.2) is 12.2 Å². The van der Waals surface area contributed by atoms with Gasteiger partial charge in [-0.15, -0.1) is 0 Å². The van der Waals surface area contributed by atoms with Gasteiger partial charge in [0.15, 0.2) is 0 Å². The molecule has 2 aliphatic carbocycles. The van der Waals surface area contributed by atoms with Gasteiger partial charge in [0.25, 0.3) is 11.8 Å². The van der Waals surface area contributed by atoms with E-state index in [0.29, 0.717) is 19.3 Å². The summed E-state index contributed by atoms with van der Waals surface area (Å²) in [6.07, 6.45) is 3.26. The second-order valence-corrected chi connectivity index (χ2v) is 5.91. The first-order valence-electron chi connectivity index (χ1n) is 6.77. The Bertz CT molecular complexity index is 400. The molecule has 0 aromatic rings. The van der Waals surface area contributed by atoms with Crippen LogP contribution in [0, 0.1) is 17.8 Å². The van der Waals surface area contributed by atoms with Gasteiger partial charge in [-0.2, -0.15) is 0 Å². The third-order valence-corrected chi connectivity index (χ3v) is 3.86. The highest BCUT2D eigenvalue weighted by Gasteiger charge is 2.42. The summed E-state index contributed by atoms with van der Waals surface area (Å²) < 4.78 is 56.4. The molecule has 114 valence electrons. The maximum Gasteiger partial charge on any atom is 0.309 e. The zero-order valence-corrected chi connectivity index (χ0v) is 11.3. The van der Waals surface area contributed by atoms with Crippen molar-refractivity contribution in [3.05, 3.63) is 12.2 Å². The van der Waals surface area contributed by atoms with Gasteiger partial charge in [0.2, 0.25) is 0 Å². The molecule has 0 radical (unpaired) electrons. The Kier molecular flexibility index (Phi) is 4.12. The van der Waals surface area contributed by atoms with Crippen LogP contribution < -0.4 is 0 Å². The number of hydrogen-bond acceptors (Lipinski definition) is 2. The standard InChI is InChI=1S/C14H18F4O2/c1-13(15,16)8-14(17,18)4-5-20-12(19)11-7-9-2-3-10(11)6-9/h2-3,9-11H,4-8H2,1H3. The summed E-state index contributed by atoms with van der Waals surface area (Å²) in [5.41, 5.74) is 0. The third kappa shape index (κ3) is 3.96. The van der Waals surface area contributed by atoms with Crippen molar-refractivity contribution >= 4 is 5.97 Å². The zero-order valence-electron chi connectivity index (χ0n) is 11.3. The van der Waals surface area contributed by atoms with Crippen LogP contribution >= 0.6 is 0 Å². The van der Waals surface area contributed by atoms with E-state index in [1.807, 2.05) is 6.08 Å². The molecule has 3 atom stereocenters. The first-order chi connectivity index (χ1) is 9.16. The molecule has 3 unspecified atom stereocenters. The largest absolute Gasteiger partial charge is 0.465 e. The van der Waals surface area contributed by atoms with Gasteiger partial charge in [0.1, 0.15) is 0 Å². The van der Waals surface area contributed by atoms with Gasteiger partial charge in [0, 0.05) is 6.42 Å². The maximum absolute atomic E-state index is 13.2. The van der Waals surface area contributed by atoms with E-state index in [0.717, 1.165) is 6.42 Å². The normalized spacial score (nSPS) is 28.9. The molecule has 0 amide bonds. The molecule has 2 bridgehead atoms. The summed E-state index contributed by atoms with van der Waals surface area (Å²) in [7, 11) is 0. The molecule has 0 aliphatic heterocycles. The third-order valence-electron chi connectivity index (χ3n) is 3.86. The number of hydrogen-bond donors (Lipinski definition) is 0. The van der Waals surface area contributed by atoms with Gasteiger partial charge in [-0.1, -0.05) is 12.2 Å². The summed E-state index contributed by atoms with van der Waals surface area (Å²) in [5.74, 6) is -7.16. The Morgan fingerprint density at radius 2 is 1.95 bits per heavy atom. The highest BCUT2D eigenvalue weighted by atomic mass is 19.3. The molecular weight excluding hydrogens is 276 g/mol. The molecule has 0 aromatic heterocycles. The summed E-state index contributed by atoms with van der Waals surface area (Å²) in [5, 5.41) is 0. The van der Waals surface area contributed by atoms with Crippen molar-refractivity contribution in [2.75, 3.05) is 6.61 Å². The van der Waals surface area contributed by atoms with E-state index in [9.17, 15) is 22.4 Å². The number of ether oxygens (including phenoxy) is 1. The van der Waals surface area contributed by atoms with E-state index in [1.165, 1.54) is 0 Å². The van der Waals surface area contributed by atoms with Gasteiger partial charge in [-0.3, -0.25) is 4.79 Å². The van der Waals surface area contributed by atoms with E-state index >= 15 is 0 Å². The first kappa shape index (κ1) is 15.3. The fourth-order valence-corrected chi connectivity index (χ4v) is 3.00. The topological polar surface area (TPSA) is 26.3 Å². The van der Waals surface area contributed by atoms with Crippen molar-refractivity contribution < 1.29 is 27.1 Å². The molecule has 2 nitrogen and oxygen atoms in total. The molecule has 6 heteroatoms. The number of alkyl halides is 4. The van der Waals surface area contributed by atoms with Crippen LogP contribution in [0.3, 0.4) is 0 Å². The Morgan fingerprint density at radius 1 is 1.25 bits per heavy atom. The minimum Gasteiger partial charge on any atom is -0.465 e. The van der Waals surface area contributed by atoms with Gasteiger partial charge >= 0.3 is 5.97 Å². The van der Waals surface area contributed by atoms with E-state index in [4.69, 9.17) is 4.74 Å². The number of allylic oxidation sites excluding steroid dienone is 2. The molecule has 1 fully saturated rings. The fraction of sp³-hybridized carbons (Fsp3) is 0.786. The second-order valence-electron chi connectivity index (χ2n) is 5.91. The molecule has 0 saturated heterocycles. The molecule has 20 heavy (non-hydrogen) atoms. The maximum atomic E-state index is 13.2. The Labute approximate surface area is 115 Å². The highest BCUT2D eigenvalue weighted by Crippen LogP contribution is 2.44. The van der Waals surface area contributed by atoms with Crippen molar-refractivity contribution in [2.45, 2.75) is 44.5 Å². The summed E-state index contributed by atoms with van der Waals surface area (Å²) in [6, 6.07) is 0. The van der Waals surface area contributed by atoms with E-state index in [2.05, 4.69) is 6.08 Å². The molecule has 1 saturated carbocycles. The lowest BCUT2D eigenvalue weighted by molar-refractivity contribution is -0.153. The smallest absolute Gasteiger partial charge is 0.309 e. The molecular formula is C14H18F4O2. The monoisotopic (exact) mass is 294 g/mol. The van der Waals surface area contributed by atoms with E-state index in [1.54, 1.807) is 0 Å². The van der Waals surface area contributed by atoms with Crippen molar-refractivity contribution in [3.63, 3.8) is 0 Å². The van der Waals surface area contributed by atoms with Crippen molar-refractivity contribution in [1.29, 1.82) is 0 Å². The van der Waals surface area contributed by atoms with Crippen LogP contribution in [-0.4, -0.2) is 24.4 Å². The molecule has 2 aliphatic rings. The molecule has 0 spiro atoms. The van der Waals surface area contributed by atoms with Crippen LogP contribution in [0.5, 0.6) is 0 Å². The molecule has 0 N–H and O–H groups in total. The van der Waals surface area contributed by atoms with Crippen LogP contribution in [0.1, 0.15) is 32.6 Å². The number of carbonyl (C=O) groups is 1. The SMILES string of the molecule is CC(F)(F)CC(F)(F)CCOC(=O)C1CC2C=CC1C2.